The second kappa shape index (κ2) is 5.48. The molecule has 0 amide bonds. The molecule has 1 aliphatic carbocycles. The van der Waals surface area contributed by atoms with Crippen molar-refractivity contribution in [1.82, 2.24) is 4.98 Å². The molecule has 0 aliphatic heterocycles. The van der Waals surface area contributed by atoms with E-state index in [-0.39, 0.29) is 12.1 Å². The highest BCUT2D eigenvalue weighted by molar-refractivity contribution is 5.82. The smallest absolute Gasteiger partial charge is 0.144 e. The van der Waals surface area contributed by atoms with Gasteiger partial charge in [0.15, 0.2) is 0 Å². The fourth-order valence-corrected chi connectivity index (χ4v) is 2.83. The molecule has 1 heterocycles. The van der Waals surface area contributed by atoms with Crippen LogP contribution >= 0.6 is 0 Å². The minimum atomic E-state index is 0.142. The zero-order chi connectivity index (χ0) is 13.9. The highest BCUT2D eigenvalue weighted by atomic mass is 15.0. The van der Waals surface area contributed by atoms with Gasteiger partial charge in [-0.2, -0.15) is 5.26 Å². The van der Waals surface area contributed by atoms with Gasteiger partial charge in [0.1, 0.15) is 11.9 Å². The summed E-state index contributed by atoms with van der Waals surface area (Å²) in [5.41, 5.74) is 7.64. The highest BCUT2D eigenvalue weighted by Crippen LogP contribution is 2.24. The first kappa shape index (κ1) is 12.9. The van der Waals surface area contributed by atoms with Gasteiger partial charge in [-0.15, -0.1) is 0 Å². The summed E-state index contributed by atoms with van der Waals surface area (Å²) in [6, 6.07) is 12.3. The Morgan fingerprint density at radius 3 is 2.85 bits per heavy atom. The van der Waals surface area contributed by atoms with E-state index in [9.17, 15) is 5.26 Å². The molecule has 0 spiro atoms. The molecule has 2 aromatic rings. The van der Waals surface area contributed by atoms with Gasteiger partial charge in [0, 0.05) is 17.5 Å². The zero-order valence-electron chi connectivity index (χ0n) is 11.3. The van der Waals surface area contributed by atoms with Crippen LogP contribution in [0.5, 0.6) is 0 Å². The molecule has 2 atom stereocenters. The summed E-state index contributed by atoms with van der Waals surface area (Å²) in [6.45, 7) is 0. The Bertz CT molecular complexity index is 659. The second-order valence-corrected chi connectivity index (χ2v) is 5.39. The van der Waals surface area contributed by atoms with Crippen molar-refractivity contribution < 1.29 is 0 Å². The van der Waals surface area contributed by atoms with Crippen molar-refractivity contribution in [3.63, 3.8) is 0 Å². The molecule has 4 heteroatoms. The van der Waals surface area contributed by atoms with Crippen LogP contribution in [0.15, 0.2) is 30.3 Å². The lowest BCUT2D eigenvalue weighted by Gasteiger charge is -2.30. The number of aromatic nitrogens is 1. The van der Waals surface area contributed by atoms with Gasteiger partial charge in [-0.05, 0) is 25.0 Å². The molecular formula is C16H18N4. The molecule has 0 unspecified atom stereocenters. The molecule has 102 valence electrons. The number of nitrogens with two attached hydrogens (primary N) is 1. The van der Waals surface area contributed by atoms with Crippen LogP contribution in [0.4, 0.5) is 5.82 Å². The Morgan fingerprint density at radius 1 is 1.25 bits per heavy atom. The number of nitrogens with one attached hydrogen (secondary N) is 1. The third-order valence-electron chi connectivity index (χ3n) is 3.99. The summed E-state index contributed by atoms with van der Waals surface area (Å²) in [5, 5.41) is 13.7. The van der Waals surface area contributed by atoms with E-state index in [1.54, 1.807) is 0 Å². The summed E-state index contributed by atoms with van der Waals surface area (Å²) in [7, 11) is 0. The number of nitrogens with zero attached hydrogens (tertiary/aromatic N) is 2. The summed E-state index contributed by atoms with van der Waals surface area (Å²) in [5.74, 6) is 0.661. The third-order valence-corrected chi connectivity index (χ3v) is 3.99. The summed E-state index contributed by atoms with van der Waals surface area (Å²) >= 11 is 0. The van der Waals surface area contributed by atoms with Crippen molar-refractivity contribution in [3.8, 4) is 6.07 Å². The van der Waals surface area contributed by atoms with Crippen molar-refractivity contribution in [2.75, 3.05) is 5.32 Å². The lowest BCUT2D eigenvalue weighted by molar-refractivity contribution is 0.403. The van der Waals surface area contributed by atoms with Crippen molar-refractivity contribution in [3.05, 3.63) is 35.9 Å². The van der Waals surface area contributed by atoms with Crippen LogP contribution in [0.2, 0.25) is 0 Å². The van der Waals surface area contributed by atoms with Gasteiger partial charge in [0.25, 0.3) is 0 Å². The Kier molecular flexibility index (Phi) is 3.53. The maximum atomic E-state index is 9.31. The lowest BCUT2D eigenvalue weighted by atomic mass is 9.91. The van der Waals surface area contributed by atoms with E-state index in [0.717, 1.165) is 23.7 Å². The number of rotatable bonds is 2. The molecule has 3 rings (SSSR count). The Labute approximate surface area is 118 Å². The zero-order valence-corrected chi connectivity index (χ0v) is 11.3. The predicted molar refractivity (Wildman–Crippen MR) is 80.3 cm³/mol. The van der Waals surface area contributed by atoms with E-state index in [1.165, 1.54) is 12.8 Å². The first-order valence-corrected chi connectivity index (χ1v) is 7.10. The summed E-state index contributed by atoms with van der Waals surface area (Å²) in [4.78, 5) is 4.59. The minimum absolute atomic E-state index is 0.142. The molecule has 1 saturated carbocycles. The van der Waals surface area contributed by atoms with Crippen LogP contribution < -0.4 is 11.1 Å². The number of hydrogen-bond donors (Lipinski definition) is 2. The average Bonchev–Trinajstić information content (AvgIpc) is 2.49. The molecule has 3 N–H and O–H groups in total. The highest BCUT2D eigenvalue weighted by Gasteiger charge is 2.22. The monoisotopic (exact) mass is 266 g/mol. The number of para-hydroxylation sites is 1. The van der Waals surface area contributed by atoms with Crippen LogP contribution in [-0.4, -0.2) is 17.1 Å². The topological polar surface area (TPSA) is 74.7 Å². The molecule has 1 aliphatic rings. The number of fused-ring (bicyclic) bond motifs is 1. The van der Waals surface area contributed by atoms with Crippen LogP contribution in [0, 0.1) is 11.3 Å². The van der Waals surface area contributed by atoms with Gasteiger partial charge in [0.2, 0.25) is 0 Å². The van der Waals surface area contributed by atoms with E-state index in [0.29, 0.717) is 11.4 Å². The molecule has 20 heavy (non-hydrogen) atoms. The Balaban J connectivity index is 1.95. The number of benzene rings is 1. The van der Waals surface area contributed by atoms with Crippen molar-refractivity contribution in [2.45, 2.75) is 37.8 Å². The van der Waals surface area contributed by atoms with Gasteiger partial charge in [-0.3, -0.25) is 0 Å². The molecule has 0 bridgehead atoms. The molecule has 0 radical (unpaired) electrons. The second-order valence-electron chi connectivity index (χ2n) is 5.39. The van der Waals surface area contributed by atoms with E-state index < -0.39 is 0 Å². The molecule has 4 nitrogen and oxygen atoms in total. The van der Waals surface area contributed by atoms with Gasteiger partial charge in [-0.25, -0.2) is 4.98 Å². The van der Waals surface area contributed by atoms with Crippen molar-refractivity contribution >= 4 is 16.7 Å². The number of hydrogen-bond acceptors (Lipinski definition) is 4. The maximum Gasteiger partial charge on any atom is 0.144 e. The molecule has 0 saturated heterocycles. The van der Waals surface area contributed by atoms with Gasteiger partial charge >= 0.3 is 0 Å². The van der Waals surface area contributed by atoms with Crippen LogP contribution in [0.25, 0.3) is 10.9 Å². The van der Waals surface area contributed by atoms with Gasteiger partial charge < -0.3 is 11.1 Å². The molecule has 1 aromatic carbocycles. The fourth-order valence-electron chi connectivity index (χ4n) is 2.83. The Morgan fingerprint density at radius 2 is 2.05 bits per heavy atom. The quantitative estimate of drug-likeness (QED) is 0.876. The van der Waals surface area contributed by atoms with E-state index in [1.807, 2.05) is 30.3 Å². The minimum Gasteiger partial charge on any atom is -0.365 e. The van der Waals surface area contributed by atoms with E-state index in [2.05, 4.69) is 16.4 Å². The number of anilines is 1. The lowest BCUT2D eigenvalue weighted by Crippen LogP contribution is -2.42. The van der Waals surface area contributed by atoms with Gasteiger partial charge in [0.05, 0.1) is 11.1 Å². The summed E-state index contributed by atoms with van der Waals surface area (Å²) in [6.07, 6.45) is 4.45. The van der Waals surface area contributed by atoms with Crippen LogP contribution in [0.3, 0.4) is 0 Å². The molecule has 1 fully saturated rings. The maximum absolute atomic E-state index is 9.31. The Hall–Kier alpha value is -2.12. The van der Waals surface area contributed by atoms with Gasteiger partial charge in [-0.1, -0.05) is 31.0 Å². The largest absolute Gasteiger partial charge is 0.365 e. The van der Waals surface area contributed by atoms with Crippen molar-refractivity contribution in [1.29, 1.82) is 5.26 Å². The first-order valence-electron chi connectivity index (χ1n) is 7.10. The van der Waals surface area contributed by atoms with Crippen LogP contribution in [0.1, 0.15) is 31.2 Å². The standard InChI is InChI=1S/C16H18N4/c17-10-12-9-11-5-1-3-7-14(11)19-16(12)20-15-8-4-2-6-13(15)18/h1,3,5,7,9,13,15H,2,4,6,8,18H2,(H,19,20)/t13-,15-/m1/s1. The SMILES string of the molecule is N#Cc1cc2ccccc2nc1N[C@@H]1CCCC[C@H]1N. The summed E-state index contributed by atoms with van der Waals surface area (Å²) < 4.78 is 0. The van der Waals surface area contributed by atoms with E-state index >= 15 is 0 Å². The van der Waals surface area contributed by atoms with Crippen LogP contribution in [-0.2, 0) is 0 Å². The third kappa shape index (κ3) is 2.45. The predicted octanol–water partition coefficient (Wildman–Crippen LogP) is 2.79. The van der Waals surface area contributed by atoms with E-state index in [4.69, 9.17) is 5.73 Å². The first-order chi connectivity index (χ1) is 9.78. The molecular weight excluding hydrogens is 248 g/mol. The number of nitriles is 1. The average molecular weight is 266 g/mol. The molecule has 1 aromatic heterocycles. The normalized spacial score (nSPS) is 22.4. The fraction of sp³-hybridized carbons (Fsp3) is 0.375. The van der Waals surface area contributed by atoms with Crippen molar-refractivity contribution in [2.24, 2.45) is 5.73 Å². The number of pyridine rings is 1.